The van der Waals surface area contributed by atoms with Crippen LogP contribution in [0.5, 0.6) is 5.75 Å². The third-order valence-electron chi connectivity index (χ3n) is 4.32. The SMILES string of the molecule is CC(C)COc1c(Br)cc(Br)cc1/C=C1\C(=O)NC(=O)N(c2ccc([N+](=O)[O-])cc2)C1=O. The number of hydrogen-bond donors (Lipinski definition) is 1. The summed E-state index contributed by atoms with van der Waals surface area (Å²) in [5.41, 5.74) is 0.0466. The Hall–Kier alpha value is -3.05. The Morgan fingerprint density at radius 2 is 1.81 bits per heavy atom. The molecule has 1 heterocycles. The van der Waals surface area contributed by atoms with Gasteiger partial charge in [0.1, 0.15) is 11.3 Å². The molecular weight excluding hydrogens is 550 g/mol. The Bertz CT molecular complexity index is 1140. The molecule has 32 heavy (non-hydrogen) atoms. The van der Waals surface area contributed by atoms with E-state index in [1.807, 2.05) is 13.8 Å². The number of non-ortho nitro benzene ring substituents is 1. The number of nitrogens with one attached hydrogen (secondary N) is 1. The highest BCUT2D eigenvalue weighted by Crippen LogP contribution is 2.35. The Labute approximate surface area is 199 Å². The van der Waals surface area contributed by atoms with Crippen molar-refractivity contribution in [1.82, 2.24) is 5.32 Å². The predicted molar refractivity (Wildman–Crippen MR) is 124 cm³/mol. The Morgan fingerprint density at radius 1 is 1.16 bits per heavy atom. The van der Waals surface area contributed by atoms with Crippen molar-refractivity contribution >= 4 is 67.2 Å². The van der Waals surface area contributed by atoms with Crippen molar-refractivity contribution in [2.75, 3.05) is 11.5 Å². The fourth-order valence-electron chi connectivity index (χ4n) is 2.86. The van der Waals surface area contributed by atoms with Crippen LogP contribution in [-0.2, 0) is 9.59 Å². The maximum Gasteiger partial charge on any atom is 0.335 e. The molecule has 0 saturated carbocycles. The van der Waals surface area contributed by atoms with E-state index < -0.39 is 22.8 Å². The first-order valence-corrected chi connectivity index (χ1v) is 10.9. The maximum atomic E-state index is 13.1. The van der Waals surface area contributed by atoms with Gasteiger partial charge in [-0.3, -0.25) is 25.0 Å². The van der Waals surface area contributed by atoms with Crippen LogP contribution in [0.2, 0.25) is 0 Å². The van der Waals surface area contributed by atoms with Gasteiger partial charge in [0.25, 0.3) is 17.5 Å². The molecule has 0 unspecified atom stereocenters. The Morgan fingerprint density at radius 3 is 2.41 bits per heavy atom. The van der Waals surface area contributed by atoms with E-state index in [9.17, 15) is 24.5 Å². The van der Waals surface area contributed by atoms with Crippen LogP contribution in [-0.4, -0.2) is 29.4 Å². The number of amides is 4. The molecule has 1 fully saturated rings. The third-order valence-corrected chi connectivity index (χ3v) is 5.37. The summed E-state index contributed by atoms with van der Waals surface area (Å²) in [6.07, 6.45) is 1.34. The average molecular weight is 567 g/mol. The highest BCUT2D eigenvalue weighted by atomic mass is 79.9. The molecule has 1 saturated heterocycles. The molecular formula is C21H17Br2N3O6. The van der Waals surface area contributed by atoms with Gasteiger partial charge in [-0.2, -0.15) is 0 Å². The number of rotatable bonds is 6. The summed E-state index contributed by atoms with van der Waals surface area (Å²) in [7, 11) is 0. The number of imide groups is 2. The largest absolute Gasteiger partial charge is 0.492 e. The van der Waals surface area contributed by atoms with Crippen molar-refractivity contribution in [3.05, 3.63) is 66.6 Å². The van der Waals surface area contributed by atoms with Crippen LogP contribution < -0.4 is 15.0 Å². The first-order valence-electron chi connectivity index (χ1n) is 9.36. The van der Waals surface area contributed by atoms with Crippen molar-refractivity contribution < 1.29 is 24.0 Å². The molecule has 2 aromatic carbocycles. The van der Waals surface area contributed by atoms with Crippen LogP contribution in [0.4, 0.5) is 16.2 Å². The van der Waals surface area contributed by atoms with E-state index in [1.165, 1.54) is 30.3 Å². The lowest BCUT2D eigenvalue weighted by molar-refractivity contribution is -0.384. The lowest BCUT2D eigenvalue weighted by Crippen LogP contribution is -2.54. The van der Waals surface area contributed by atoms with Crippen LogP contribution in [0.3, 0.4) is 0 Å². The zero-order valence-corrected chi connectivity index (χ0v) is 20.1. The Balaban J connectivity index is 2.04. The summed E-state index contributed by atoms with van der Waals surface area (Å²) in [6, 6.07) is 7.36. The number of carbonyl (C=O) groups is 3. The van der Waals surface area contributed by atoms with Gasteiger partial charge in [-0.1, -0.05) is 29.8 Å². The van der Waals surface area contributed by atoms with Crippen molar-refractivity contribution in [2.45, 2.75) is 13.8 Å². The molecule has 1 N–H and O–H groups in total. The van der Waals surface area contributed by atoms with Gasteiger partial charge in [0.05, 0.1) is 21.7 Å². The molecule has 1 aliphatic rings. The van der Waals surface area contributed by atoms with Crippen LogP contribution in [0.15, 0.2) is 50.9 Å². The van der Waals surface area contributed by atoms with Crippen molar-refractivity contribution in [3.63, 3.8) is 0 Å². The number of halogens is 2. The highest BCUT2D eigenvalue weighted by molar-refractivity contribution is 9.11. The molecule has 9 nitrogen and oxygen atoms in total. The van der Waals surface area contributed by atoms with Crippen molar-refractivity contribution in [2.24, 2.45) is 5.92 Å². The molecule has 3 rings (SSSR count). The van der Waals surface area contributed by atoms with Gasteiger partial charge in [-0.15, -0.1) is 0 Å². The number of carbonyl (C=O) groups excluding carboxylic acids is 3. The molecule has 2 aromatic rings. The van der Waals surface area contributed by atoms with Gasteiger partial charge in [0, 0.05) is 22.2 Å². The average Bonchev–Trinajstić information content (AvgIpc) is 2.70. The number of ether oxygens (including phenoxy) is 1. The number of nitrogens with zero attached hydrogens (tertiary/aromatic N) is 2. The fourth-order valence-corrected chi connectivity index (χ4v) is 4.23. The topological polar surface area (TPSA) is 119 Å². The number of hydrogen-bond acceptors (Lipinski definition) is 6. The van der Waals surface area contributed by atoms with Gasteiger partial charge in [-0.25, -0.2) is 9.69 Å². The number of anilines is 1. The summed E-state index contributed by atoms with van der Waals surface area (Å²) >= 11 is 6.81. The van der Waals surface area contributed by atoms with E-state index in [2.05, 4.69) is 37.2 Å². The lowest BCUT2D eigenvalue weighted by Gasteiger charge is -2.26. The van der Waals surface area contributed by atoms with Gasteiger partial charge in [-0.05, 0) is 52.2 Å². The van der Waals surface area contributed by atoms with Crippen molar-refractivity contribution in [3.8, 4) is 5.75 Å². The first kappa shape index (κ1) is 23.6. The zero-order chi connectivity index (χ0) is 23.6. The minimum atomic E-state index is -0.947. The van der Waals surface area contributed by atoms with E-state index in [1.54, 1.807) is 12.1 Å². The van der Waals surface area contributed by atoms with Crippen molar-refractivity contribution in [1.29, 1.82) is 0 Å². The van der Waals surface area contributed by atoms with Crippen LogP contribution in [0.1, 0.15) is 19.4 Å². The first-order chi connectivity index (χ1) is 15.1. The van der Waals surface area contributed by atoms with E-state index in [-0.39, 0.29) is 22.9 Å². The third kappa shape index (κ3) is 5.05. The number of nitro benzene ring substituents is 1. The minimum absolute atomic E-state index is 0.0863. The lowest BCUT2D eigenvalue weighted by atomic mass is 10.1. The second-order valence-electron chi connectivity index (χ2n) is 7.24. The molecule has 0 bridgehead atoms. The van der Waals surface area contributed by atoms with Gasteiger partial charge >= 0.3 is 6.03 Å². The van der Waals surface area contributed by atoms with Gasteiger partial charge < -0.3 is 4.74 Å². The number of benzene rings is 2. The van der Waals surface area contributed by atoms with Gasteiger partial charge in [0.2, 0.25) is 0 Å². The molecule has 166 valence electrons. The van der Waals surface area contributed by atoms with Gasteiger partial charge in [0.15, 0.2) is 0 Å². The summed E-state index contributed by atoms with van der Waals surface area (Å²) < 4.78 is 7.16. The van der Waals surface area contributed by atoms with E-state index in [0.29, 0.717) is 26.9 Å². The van der Waals surface area contributed by atoms with Crippen LogP contribution >= 0.6 is 31.9 Å². The molecule has 11 heteroatoms. The quantitative estimate of drug-likeness (QED) is 0.232. The van der Waals surface area contributed by atoms with E-state index in [4.69, 9.17) is 4.74 Å². The van der Waals surface area contributed by atoms with E-state index in [0.717, 1.165) is 4.90 Å². The second kappa shape index (κ2) is 9.61. The molecule has 0 spiro atoms. The fraction of sp³-hybridized carbons (Fsp3) is 0.190. The predicted octanol–water partition coefficient (Wildman–Crippen LogP) is 4.82. The molecule has 0 atom stereocenters. The summed E-state index contributed by atoms with van der Waals surface area (Å²) in [5.74, 6) is -1.04. The van der Waals surface area contributed by atoms with Crippen LogP contribution in [0, 0.1) is 16.0 Å². The normalized spacial score (nSPS) is 15.3. The molecule has 0 aromatic heterocycles. The smallest absolute Gasteiger partial charge is 0.335 e. The summed E-state index contributed by atoms with van der Waals surface area (Å²) in [6.45, 7) is 4.37. The summed E-state index contributed by atoms with van der Waals surface area (Å²) in [5, 5.41) is 13.0. The number of nitro groups is 1. The number of urea groups is 1. The molecule has 1 aliphatic heterocycles. The maximum absolute atomic E-state index is 13.1. The Kier molecular flexibility index (Phi) is 7.09. The monoisotopic (exact) mass is 565 g/mol. The zero-order valence-electron chi connectivity index (χ0n) is 16.9. The molecule has 0 aliphatic carbocycles. The number of barbiturate groups is 1. The molecule has 4 amide bonds. The van der Waals surface area contributed by atoms with E-state index >= 15 is 0 Å². The molecule has 0 radical (unpaired) electrons. The minimum Gasteiger partial charge on any atom is -0.492 e. The van der Waals surface area contributed by atoms with Crippen LogP contribution in [0.25, 0.3) is 6.08 Å². The standard InChI is InChI=1S/C21H17Br2N3O6/c1-11(2)10-32-18-12(7-13(22)9-17(18)23)8-16-19(27)24-21(29)25(20(16)28)14-3-5-15(6-4-14)26(30)31/h3-9,11H,10H2,1-2H3,(H,24,27,29)/b16-8+. The second-order valence-corrected chi connectivity index (χ2v) is 9.01. The highest BCUT2D eigenvalue weighted by Gasteiger charge is 2.37. The summed E-state index contributed by atoms with van der Waals surface area (Å²) in [4.78, 5) is 49.0.